The number of piperidine rings is 1. The second-order valence-electron chi connectivity index (χ2n) is 9.71. The molecule has 5 rings (SSSR count). The molecule has 2 aromatic rings. The van der Waals surface area contributed by atoms with Crippen LogP contribution in [0.4, 0.5) is 0 Å². The van der Waals surface area contributed by atoms with Crippen molar-refractivity contribution in [2.75, 3.05) is 20.2 Å². The largest absolute Gasteiger partial charge is 0.497 e. The van der Waals surface area contributed by atoms with Crippen molar-refractivity contribution >= 4 is 5.91 Å². The molecule has 0 N–H and O–H groups in total. The minimum absolute atomic E-state index is 0.0267. The van der Waals surface area contributed by atoms with Crippen molar-refractivity contribution in [3.8, 4) is 5.75 Å². The topological polar surface area (TPSA) is 64.4 Å². The van der Waals surface area contributed by atoms with Crippen molar-refractivity contribution in [3.63, 3.8) is 0 Å². The summed E-state index contributed by atoms with van der Waals surface area (Å²) in [6, 6.07) is 11.7. The molecule has 3 aliphatic rings. The Morgan fingerprint density at radius 1 is 0.969 bits per heavy atom. The predicted octanol–water partition coefficient (Wildman–Crippen LogP) is 4.19. The second-order valence-corrected chi connectivity index (χ2v) is 9.71. The van der Waals surface area contributed by atoms with Gasteiger partial charge in [0.25, 0.3) is 5.56 Å². The third-order valence-electron chi connectivity index (χ3n) is 7.70. The monoisotopic (exact) mass is 435 g/mol. The zero-order valence-electron chi connectivity index (χ0n) is 19.0. The van der Waals surface area contributed by atoms with Gasteiger partial charge in [0.05, 0.1) is 24.3 Å². The number of ether oxygens (including phenoxy) is 1. The van der Waals surface area contributed by atoms with Crippen LogP contribution in [0.25, 0.3) is 0 Å². The van der Waals surface area contributed by atoms with Gasteiger partial charge in [-0.05, 0) is 62.3 Å². The highest BCUT2D eigenvalue weighted by Gasteiger charge is 2.44. The van der Waals surface area contributed by atoms with Crippen molar-refractivity contribution in [2.45, 2.75) is 75.2 Å². The maximum absolute atomic E-state index is 13.9. The van der Waals surface area contributed by atoms with Crippen LogP contribution in [-0.2, 0) is 10.2 Å². The van der Waals surface area contributed by atoms with Crippen molar-refractivity contribution in [2.24, 2.45) is 0 Å². The van der Waals surface area contributed by atoms with Crippen LogP contribution in [0.2, 0.25) is 0 Å². The van der Waals surface area contributed by atoms with Gasteiger partial charge in [0, 0.05) is 25.1 Å². The van der Waals surface area contributed by atoms with Gasteiger partial charge in [0.15, 0.2) is 0 Å². The maximum Gasteiger partial charge on any atom is 0.267 e. The summed E-state index contributed by atoms with van der Waals surface area (Å²) >= 11 is 0. The molecule has 32 heavy (non-hydrogen) atoms. The number of hydrogen-bond acceptors (Lipinski definition) is 4. The molecule has 0 atom stereocenters. The smallest absolute Gasteiger partial charge is 0.267 e. The van der Waals surface area contributed by atoms with E-state index in [-0.39, 0.29) is 17.5 Å². The molecular weight excluding hydrogens is 402 g/mol. The van der Waals surface area contributed by atoms with Gasteiger partial charge in [-0.1, -0.05) is 31.4 Å². The van der Waals surface area contributed by atoms with Crippen molar-refractivity contribution in [1.29, 1.82) is 0 Å². The Balaban J connectivity index is 1.33. The van der Waals surface area contributed by atoms with Crippen LogP contribution in [-0.4, -0.2) is 40.8 Å². The van der Waals surface area contributed by atoms with Gasteiger partial charge in [0.1, 0.15) is 5.75 Å². The van der Waals surface area contributed by atoms with E-state index in [1.165, 1.54) is 19.3 Å². The van der Waals surface area contributed by atoms with Crippen LogP contribution in [0.5, 0.6) is 5.75 Å². The number of aromatic nitrogens is 2. The minimum Gasteiger partial charge on any atom is -0.497 e. The number of carbonyl (C=O) groups is 1. The fraction of sp³-hybridized carbons (Fsp3) is 0.577. The number of rotatable bonds is 5. The average Bonchev–Trinajstić information content (AvgIpc) is 3.70. The average molecular weight is 436 g/mol. The fourth-order valence-corrected chi connectivity index (χ4v) is 5.61. The molecule has 6 nitrogen and oxygen atoms in total. The zero-order chi connectivity index (χ0) is 22.1. The highest BCUT2D eigenvalue weighted by Crippen LogP contribution is 2.42. The van der Waals surface area contributed by atoms with E-state index in [1.807, 2.05) is 23.1 Å². The molecule has 0 unspecified atom stereocenters. The lowest BCUT2D eigenvalue weighted by Crippen LogP contribution is -2.51. The van der Waals surface area contributed by atoms with Gasteiger partial charge >= 0.3 is 0 Å². The van der Waals surface area contributed by atoms with E-state index in [9.17, 15) is 9.59 Å². The van der Waals surface area contributed by atoms with E-state index in [0.717, 1.165) is 55.5 Å². The predicted molar refractivity (Wildman–Crippen MR) is 123 cm³/mol. The zero-order valence-corrected chi connectivity index (χ0v) is 19.0. The van der Waals surface area contributed by atoms with Gasteiger partial charge in [-0.2, -0.15) is 5.10 Å². The van der Waals surface area contributed by atoms with E-state index in [1.54, 1.807) is 17.9 Å². The Labute approximate surface area is 189 Å². The molecule has 3 fully saturated rings. The fourth-order valence-electron chi connectivity index (χ4n) is 5.61. The summed E-state index contributed by atoms with van der Waals surface area (Å²) in [7, 11) is 1.67. The first kappa shape index (κ1) is 21.2. The first-order valence-corrected chi connectivity index (χ1v) is 12.1. The Bertz CT molecular complexity index is 1010. The lowest BCUT2D eigenvalue weighted by Gasteiger charge is -2.42. The summed E-state index contributed by atoms with van der Waals surface area (Å²) in [4.78, 5) is 28.4. The highest BCUT2D eigenvalue weighted by atomic mass is 16.5. The van der Waals surface area contributed by atoms with Gasteiger partial charge in [0.2, 0.25) is 5.91 Å². The summed E-state index contributed by atoms with van der Waals surface area (Å²) in [5, 5.41) is 4.68. The molecule has 2 aliphatic carbocycles. The quantitative estimate of drug-likeness (QED) is 0.706. The van der Waals surface area contributed by atoms with E-state index in [0.29, 0.717) is 19.0 Å². The van der Waals surface area contributed by atoms with Crippen LogP contribution >= 0.6 is 0 Å². The molecule has 0 bridgehead atoms. The van der Waals surface area contributed by atoms with E-state index in [2.05, 4.69) is 17.2 Å². The summed E-state index contributed by atoms with van der Waals surface area (Å²) in [6.45, 7) is 1.37. The first-order valence-electron chi connectivity index (χ1n) is 12.1. The number of carbonyl (C=O) groups excluding carboxylic acids is 1. The van der Waals surface area contributed by atoms with Crippen LogP contribution < -0.4 is 10.3 Å². The van der Waals surface area contributed by atoms with E-state index < -0.39 is 5.41 Å². The van der Waals surface area contributed by atoms with Crippen molar-refractivity contribution in [1.82, 2.24) is 14.7 Å². The second kappa shape index (κ2) is 8.72. The molecule has 0 radical (unpaired) electrons. The van der Waals surface area contributed by atoms with Crippen LogP contribution in [0.3, 0.4) is 0 Å². The van der Waals surface area contributed by atoms with Crippen molar-refractivity contribution < 1.29 is 9.53 Å². The Morgan fingerprint density at radius 2 is 1.66 bits per heavy atom. The molecule has 0 spiro atoms. The lowest BCUT2D eigenvalue weighted by atomic mass is 9.68. The summed E-state index contributed by atoms with van der Waals surface area (Å²) in [5.74, 6) is 1.60. The Morgan fingerprint density at radius 3 is 2.28 bits per heavy atom. The molecule has 2 heterocycles. The van der Waals surface area contributed by atoms with E-state index >= 15 is 0 Å². The number of benzene rings is 1. The SMILES string of the molecule is COc1ccc(C2(C(=O)N3CCC(n4nc(C5CC5)ccc4=O)CC3)CCCCC2)cc1. The number of likely N-dealkylation sites (tertiary alicyclic amines) is 1. The summed E-state index contributed by atoms with van der Waals surface area (Å²) < 4.78 is 7.02. The number of hydrogen-bond donors (Lipinski definition) is 0. The van der Waals surface area contributed by atoms with Crippen molar-refractivity contribution in [3.05, 3.63) is 58.0 Å². The van der Waals surface area contributed by atoms with Gasteiger partial charge in [-0.15, -0.1) is 0 Å². The minimum atomic E-state index is -0.432. The van der Waals surface area contributed by atoms with Crippen LogP contribution in [0.1, 0.15) is 81.0 Å². The molecule has 2 saturated carbocycles. The standard InChI is InChI=1S/C26H33N3O3/c1-32-22-9-7-20(8-10-22)26(15-3-2-4-16-26)25(31)28-17-13-21(14-18-28)29-24(30)12-11-23(27-29)19-5-6-19/h7-12,19,21H,2-6,13-18H2,1H3. The molecule has 1 aliphatic heterocycles. The molecule has 1 saturated heterocycles. The number of nitrogens with zero attached hydrogens (tertiary/aromatic N) is 3. The number of methoxy groups -OCH3 is 1. The lowest BCUT2D eigenvalue weighted by molar-refractivity contribution is -0.140. The third-order valence-corrected chi connectivity index (χ3v) is 7.70. The molecule has 170 valence electrons. The van der Waals surface area contributed by atoms with E-state index in [4.69, 9.17) is 4.74 Å². The third kappa shape index (κ3) is 3.96. The summed E-state index contributed by atoms with van der Waals surface area (Å²) in [6.07, 6.45) is 9.08. The maximum atomic E-state index is 13.9. The molecule has 1 amide bonds. The molecule has 1 aromatic heterocycles. The normalized spacial score (nSPS) is 21.3. The van der Waals surface area contributed by atoms with Crippen LogP contribution in [0, 0.1) is 0 Å². The van der Waals surface area contributed by atoms with Gasteiger partial charge < -0.3 is 9.64 Å². The highest BCUT2D eigenvalue weighted by molar-refractivity contribution is 5.88. The summed E-state index contributed by atoms with van der Waals surface area (Å²) in [5.41, 5.74) is 1.70. The first-order chi connectivity index (χ1) is 15.6. The number of amides is 1. The molecule has 6 heteroatoms. The van der Waals surface area contributed by atoms with Gasteiger partial charge in [-0.25, -0.2) is 4.68 Å². The van der Waals surface area contributed by atoms with Gasteiger partial charge in [-0.3, -0.25) is 9.59 Å². The Hall–Kier alpha value is -2.63. The van der Waals surface area contributed by atoms with Crippen LogP contribution in [0.15, 0.2) is 41.2 Å². The Kier molecular flexibility index (Phi) is 5.78. The molecule has 1 aromatic carbocycles. The molecular formula is C26H33N3O3.